The van der Waals surface area contributed by atoms with Crippen LogP contribution in [0, 0.1) is 0 Å². The SMILES string of the molecule is CC(C)Oc1ccc(NC(=O)NCc2ccncc2)c(Cl)c1. The van der Waals surface area contributed by atoms with E-state index in [9.17, 15) is 4.79 Å². The number of pyridine rings is 1. The molecule has 2 N–H and O–H groups in total. The first-order valence-corrected chi connectivity index (χ1v) is 7.32. The Morgan fingerprint density at radius 1 is 1.27 bits per heavy atom. The van der Waals surface area contributed by atoms with Gasteiger partial charge in [0.05, 0.1) is 16.8 Å². The summed E-state index contributed by atoms with van der Waals surface area (Å²) in [5.74, 6) is 0.669. The second-order valence-electron chi connectivity index (χ2n) is 4.97. The topological polar surface area (TPSA) is 63.2 Å². The van der Waals surface area contributed by atoms with Crippen LogP contribution in [0.1, 0.15) is 19.4 Å². The zero-order valence-corrected chi connectivity index (χ0v) is 13.2. The van der Waals surface area contributed by atoms with Crippen LogP contribution in [0.4, 0.5) is 10.5 Å². The fourth-order valence-corrected chi connectivity index (χ4v) is 2.01. The lowest BCUT2D eigenvalue weighted by atomic mass is 10.3. The van der Waals surface area contributed by atoms with Crippen molar-refractivity contribution < 1.29 is 9.53 Å². The minimum atomic E-state index is -0.323. The highest BCUT2D eigenvalue weighted by molar-refractivity contribution is 6.33. The lowest BCUT2D eigenvalue weighted by Crippen LogP contribution is -2.28. The van der Waals surface area contributed by atoms with Gasteiger partial charge in [0.1, 0.15) is 5.75 Å². The quantitative estimate of drug-likeness (QED) is 0.880. The number of hydrogen-bond donors (Lipinski definition) is 2. The zero-order valence-electron chi connectivity index (χ0n) is 12.5. The molecule has 2 aromatic rings. The van der Waals surface area contributed by atoms with Crippen molar-refractivity contribution in [2.45, 2.75) is 26.5 Å². The largest absolute Gasteiger partial charge is 0.491 e. The number of benzene rings is 1. The molecule has 0 aliphatic carbocycles. The smallest absolute Gasteiger partial charge is 0.319 e. The van der Waals surface area contributed by atoms with Crippen molar-refractivity contribution in [2.75, 3.05) is 5.32 Å². The Morgan fingerprint density at radius 3 is 2.64 bits per heavy atom. The molecule has 1 aromatic carbocycles. The molecule has 0 unspecified atom stereocenters. The van der Waals surface area contributed by atoms with Crippen LogP contribution < -0.4 is 15.4 Å². The number of urea groups is 1. The van der Waals surface area contributed by atoms with E-state index in [4.69, 9.17) is 16.3 Å². The predicted octanol–water partition coefficient (Wildman–Crippen LogP) is 3.84. The third kappa shape index (κ3) is 4.93. The number of nitrogens with one attached hydrogen (secondary N) is 2. The van der Waals surface area contributed by atoms with Crippen molar-refractivity contribution >= 4 is 23.3 Å². The standard InChI is InChI=1S/C16H18ClN3O2/c1-11(2)22-13-3-4-15(14(17)9-13)20-16(21)19-10-12-5-7-18-8-6-12/h3-9,11H,10H2,1-2H3,(H2,19,20,21). The van der Waals surface area contributed by atoms with Crippen molar-refractivity contribution in [1.82, 2.24) is 10.3 Å². The fraction of sp³-hybridized carbons (Fsp3) is 0.250. The van der Waals surface area contributed by atoms with Crippen molar-refractivity contribution in [3.05, 3.63) is 53.3 Å². The maximum Gasteiger partial charge on any atom is 0.319 e. The normalized spacial score (nSPS) is 10.4. The molecule has 6 heteroatoms. The minimum absolute atomic E-state index is 0.0681. The summed E-state index contributed by atoms with van der Waals surface area (Å²) in [6.45, 7) is 4.29. The van der Waals surface area contributed by atoms with E-state index in [1.54, 1.807) is 30.6 Å². The molecule has 0 saturated heterocycles. The van der Waals surface area contributed by atoms with Crippen LogP contribution in [0.5, 0.6) is 5.75 Å². The number of hydrogen-bond acceptors (Lipinski definition) is 3. The van der Waals surface area contributed by atoms with Crippen molar-refractivity contribution in [2.24, 2.45) is 0 Å². The Labute approximate surface area is 134 Å². The molecule has 0 saturated carbocycles. The van der Waals surface area contributed by atoms with Crippen LogP contribution in [0.3, 0.4) is 0 Å². The van der Waals surface area contributed by atoms with Crippen LogP contribution in [0.2, 0.25) is 5.02 Å². The lowest BCUT2D eigenvalue weighted by molar-refractivity contribution is 0.242. The summed E-state index contributed by atoms with van der Waals surface area (Å²) in [7, 11) is 0. The average molecular weight is 320 g/mol. The predicted molar refractivity (Wildman–Crippen MR) is 87.3 cm³/mol. The number of aromatic nitrogens is 1. The molecule has 0 bridgehead atoms. The summed E-state index contributed by atoms with van der Waals surface area (Å²) >= 11 is 6.14. The van der Waals surface area contributed by atoms with E-state index >= 15 is 0 Å². The van der Waals surface area contributed by atoms with Crippen LogP contribution >= 0.6 is 11.6 Å². The van der Waals surface area contributed by atoms with E-state index < -0.39 is 0 Å². The van der Waals surface area contributed by atoms with Crippen LogP contribution in [-0.2, 0) is 6.54 Å². The average Bonchev–Trinajstić information content (AvgIpc) is 2.48. The molecule has 22 heavy (non-hydrogen) atoms. The van der Waals surface area contributed by atoms with E-state index in [-0.39, 0.29) is 12.1 Å². The third-order valence-corrected chi connectivity index (χ3v) is 3.08. The maximum absolute atomic E-state index is 11.9. The van der Waals surface area contributed by atoms with Crippen molar-refractivity contribution in [3.63, 3.8) is 0 Å². The van der Waals surface area contributed by atoms with Gasteiger partial charge in [0.25, 0.3) is 0 Å². The van der Waals surface area contributed by atoms with Gasteiger partial charge in [-0.15, -0.1) is 0 Å². The first-order chi connectivity index (χ1) is 10.5. The van der Waals surface area contributed by atoms with Gasteiger partial charge in [0.15, 0.2) is 0 Å². The molecular weight excluding hydrogens is 302 g/mol. The highest BCUT2D eigenvalue weighted by Crippen LogP contribution is 2.27. The summed E-state index contributed by atoms with van der Waals surface area (Å²) in [4.78, 5) is 15.8. The van der Waals surface area contributed by atoms with Gasteiger partial charge in [-0.25, -0.2) is 4.79 Å². The van der Waals surface area contributed by atoms with Crippen LogP contribution in [-0.4, -0.2) is 17.1 Å². The van der Waals surface area contributed by atoms with Crippen molar-refractivity contribution in [3.8, 4) is 5.75 Å². The van der Waals surface area contributed by atoms with Gasteiger partial charge < -0.3 is 15.4 Å². The molecule has 0 aliphatic rings. The van der Waals surface area contributed by atoms with Crippen molar-refractivity contribution in [1.29, 1.82) is 0 Å². The van der Waals surface area contributed by atoms with Gasteiger partial charge in [0, 0.05) is 25.0 Å². The minimum Gasteiger partial charge on any atom is -0.491 e. The highest BCUT2D eigenvalue weighted by Gasteiger charge is 2.07. The van der Waals surface area contributed by atoms with E-state index in [1.165, 1.54) is 0 Å². The van der Waals surface area contributed by atoms with E-state index in [0.717, 1.165) is 5.56 Å². The van der Waals surface area contributed by atoms with E-state index in [2.05, 4.69) is 15.6 Å². The Balaban J connectivity index is 1.91. The Hall–Kier alpha value is -2.27. The second kappa shape index (κ2) is 7.66. The monoisotopic (exact) mass is 319 g/mol. The fourth-order valence-electron chi connectivity index (χ4n) is 1.79. The first kappa shape index (κ1) is 16.1. The second-order valence-corrected chi connectivity index (χ2v) is 5.38. The molecule has 1 aromatic heterocycles. The molecular formula is C16H18ClN3O2. The highest BCUT2D eigenvalue weighted by atomic mass is 35.5. The summed E-state index contributed by atoms with van der Waals surface area (Å²) in [6, 6.07) is 8.52. The zero-order chi connectivity index (χ0) is 15.9. The first-order valence-electron chi connectivity index (χ1n) is 6.94. The van der Waals surface area contributed by atoms with Crippen LogP contribution in [0.15, 0.2) is 42.7 Å². The van der Waals surface area contributed by atoms with Gasteiger partial charge in [-0.3, -0.25) is 4.98 Å². The lowest BCUT2D eigenvalue weighted by Gasteiger charge is -2.13. The number of anilines is 1. The number of rotatable bonds is 5. The Bertz CT molecular complexity index is 633. The Morgan fingerprint density at radius 2 is 2.00 bits per heavy atom. The third-order valence-electron chi connectivity index (χ3n) is 2.76. The molecule has 0 aliphatic heterocycles. The number of amides is 2. The van der Waals surface area contributed by atoms with E-state index in [1.807, 2.05) is 26.0 Å². The molecule has 0 radical (unpaired) electrons. The van der Waals surface area contributed by atoms with E-state index in [0.29, 0.717) is 23.0 Å². The van der Waals surface area contributed by atoms with Gasteiger partial charge >= 0.3 is 6.03 Å². The number of carbonyl (C=O) groups excluding carboxylic acids is 1. The number of ether oxygens (including phenoxy) is 1. The van der Waals surface area contributed by atoms with Crippen LogP contribution in [0.25, 0.3) is 0 Å². The molecule has 116 valence electrons. The molecule has 5 nitrogen and oxygen atoms in total. The van der Waals surface area contributed by atoms with Gasteiger partial charge in [-0.05, 0) is 43.7 Å². The van der Waals surface area contributed by atoms with Gasteiger partial charge in [-0.1, -0.05) is 11.6 Å². The summed E-state index contributed by atoms with van der Waals surface area (Å²) in [5, 5.41) is 5.89. The molecule has 0 fully saturated rings. The Kier molecular flexibility index (Phi) is 5.61. The van der Waals surface area contributed by atoms with Gasteiger partial charge in [-0.2, -0.15) is 0 Å². The molecule has 0 spiro atoms. The molecule has 1 heterocycles. The molecule has 2 rings (SSSR count). The number of carbonyl (C=O) groups is 1. The molecule has 0 atom stereocenters. The maximum atomic E-state index is 11.9. The number of halogens is 1. The summed E-state index contributed by atoms with van der Waals surface area (Å²) in [6.07, 6.45) is 3.43. The van der Waals surface area contributed by atoms with Gasteiger partial charge in [0.2, 0.25) is 0 Å². The number of nitrogens with zero attached hydrogens (tertiary/aromatic N) is 1. The summed E-state index contributed by atoms with van der Waals surface area (Å²) < 4.78 is 5.54. The summed E-state index contributed by atoms with van der Waals surface area (Å²) in [5.41, 5.74) is 1.50. The molecule has 2 amide bonds.